The molecule has 0 aliphatic carbocycles. The molecule has 0 aliphatic rings. The molecular weight excluding hydrogens is 316 g/mol. The number of nitrogens with zero attached hydrogens (tertiary/aromatic N) is 1. The molecule has 0 saturated heterocycles. The SMILES string of the molecule is NNC(Cc1c(F)ccc(Br)c1F)c1cccnc1. The maximum absolute atomic E-state index is 13.9. The molecular formula is C13H12BrF2N3. The van der Waals surface area contributed by atoms with Gasteiger partial charge in [-0.2, -0.15) is 0 Å². The summed E-state index contributed by atoms with van der Waals surface area (Å²) in [7, 11) is 0. The molecule has 2 rings (SSSR count). The van der Waals surface area contributed by atoms with Gasteiger partial charge in [-0.25, -0.2) is 8.78 Å². The molecule has 0 aliphatic heterocycles. The third-order valence-electron chi connectivity index (χ3n) is 2.84. The molecule has 2 aromatic rings. The molecule has 1 aromatic heterocycles. The average molecular weight is 328 g/mol. The van der Waals surface area contributed by atoms with Gasteiger partial charge in [-0.3, -0.25) is 16.3 Å². The Morgan fingerprint density at radius 2 is 2.11 bits per heavy atom. The standard InChI is InChI=1S/C13H12BrF2N3/c14-10-3-4-11(15)9(13(10)16)6-12(19-17)8-2-1-5-18-7-8/h1-5,7,12,19H,6,17H2. The fourth-order valence-corrected chi connectivity index (χ4v) is 2.19. The van der Waals surface area contributed by atoms with Crippen LogP contribution in [-0.2, 0) is 6.42 Å². The second-order valence-corrected chi connectivity index (χ2v) is 4.89. The van der Waals surface area contributed by atoms with Crippen LogP contribution in [0.2, 0.25) is 0 Å². The van der Waals surface area contributed by atoms with Crippen LogP contribution in [0.5, 0.6) is 0 Å². The Hall–Kier alpha value is -1.37. The van der Waals surface area contributed by atoms with Crippen LogP contribution < -0.4 is 11.3 Å². The predicted octanol–water partition coefficient (Wildman–Crippen LogP) is 2.87. The van der Waals surface area contributed by atoms with Gasteiger partial charge in [-0.1, -0.05) is 6.07 Å². The summed E-state index contributed by atoms with van der Waals surface area (Å²) in [5.41, 5.74) is 3.31. The van der Waals surface area contributed by atoms with E-state index in [0.29, 0.717) is 0 Å². The maximum atomic E-state index is 13.9. The smallest absolute Gasteiger partial charge is 0.143 e. The zero-order valence-electron chi connectivity index (χ0n) is 9.91. The molecule has 1 atom stereocenters. The molecule has 19 heavy (non-hydrogen) atoms. The van der Waals surface area contributed by atoms with Crippen LogP contribution in [0.25, 0.3) is 0 Å². The number of hydrogen-bond donors (Lipinski definition) is 2. The number of hydrazine groups is 1. The number of nitrogens with one attached hydrogen (secondary N) is 1. The van der Waals surface area contributed by atoms with Gasteiger partial charge in [0, 0.05) is 18.0 Å². The van der Waals surface area contributed by atoms with E-state index in [1.807, 2.05) is 0 Å². The van der Waals surface area contributed by atoms with Crippen LogP contribution in [0.3, 0.4) is 0 Å². The molecule has 0 radical (unpaired) electrons. The van der Waals surface area contributed by atoms with Crippen molar-refractivity contribution in [1.82, 2.24) is 10.4 Å². The van der Waals surface area contributed by atoms with Crippen molar-refractivity contribution in [3.8, 4) is 0 Å². The molecule has 3 nitrogen and oxygen atoms in total. The number of rotatable bonds is 4. The topological polar surface area (TPSA) is 50.9 Å². The van der Waals surface area contributed by atoms with E-state index < -0.39 is 17.7 Å². The van der Waals surface area contributed by atoms with E-state index in [2.05, 4.69) is 26.3 Å². The molecule has 1 aromatic carbocycles. The van der Waals surface area contributed by atoms with Gasteiger partial charge in [0.05, 0.1) is 10.5 Å². The van der Waals surface area contributed by atoms with Crippen LogP contribution in [0.4, 0.5) is 8.78 Å². The quantitative estimate of drug-likeness (QED) is 0.515. The number of hydrogen-bond acceptors (Lipinski definition) is 3. The van der Waals surface area contributed by atoms with Crippen molar-refractivity contribution in [3.63, 3.8) is 0 Å². The van der Waals surface area contributed by atoms with E-state index in [9.17, 15) is 8.78 Å². The number of benzene rings is 1. The van der Waals surface area contributed by atoms with E-state index in [0.717, 1.165) is 5.56 Å². The Balaban J connectivity index is 2.32. The van der Waals surface area contributed by atoms with E-state index in [-0.39, 0.29) is 16.5 Å². The van der Waals surface area contributed by atoms with Crippen molar-refractivity contribution in [3.05, 3.63) is 63.9 Å². The Labute approximate surface area is 117 Å². The highest BCUT2D eigenvalue weighted by Gasteiger charge is 2.18. The van der Waals surface area contributed by atoms with Crippen molar-refractivity contribution in [2.75, 3.05) is 0 Å². The van der Waals surface area contributed by atoms with Gasteiger partial charge in [0.2, 0.25) is 0 Å². The summed E-state index contributed by atoms with van der Waals surface area (Å²) in [6, 6.07) is 5.69. The number of aromatic nitrogens is 1. The van der Waals surface area contributed by atoms with Gasteiger partial charge >= 0.3 is 0 Å². The summed E-state index contributed by atoms with van der Waals surface area (Å²) in [5, 5.41) is 0. The summed E-state index contributed by atoms with van der Waals surface area (Å²) >= 11 is 3.04. The molecule has 0 fully saturated rings. The number of nitrogens with two attached hydrogens (primary N) is 1. The van der Waals surface area contributed by atoms with E-state index in [1.165, 1.54) is 12.1 Å². The van der Waals surface area contributed by atoms with Crippen molar-refractivity contribution < 1.29 is 8.78 Å². The lowest BCUT2D eigenvalue weighted by atomic mass is 10.00. The third-order valence-corrected chi connectivity index (χ3v) is 3.45. The fourth-order valence-electron chi connectivity index (χ4n) is 1.82. The average Bonchev–Trinajstić information content (AvgIpc) is 2.44. The van der Waals surface area contributed by atoms with Crippen molar-refractivity contribution in [2.24, 2.45) is 5.84 Å². The summed E-state index contributed by atoms with van der Waals surface area (Å²) in [6.07, 6.45) is 3.33. The highest BCUT2D eigenvalue weighted by molar-refractivity contribution is 9.10. The number of pyridine rings is 1. The van der Waals surface area contributed by atoms with Gasteiger partial charge in [0.15, 0.2) is 0 Å². The normalized spacial score (nSPS) is 12.4. The van der Waals surface area contributed by atoms with E-state index >= 15 is 0 Å². The zero-order chi connectivity index (χ0) is 13.8. The van der Waals surface area contributed by atoms with Crippen LogP contribution in [-0.4, -0.2) is 4.98 Å². The summed E-state index contributed by atoms with van der Waals surface area (Å²) in [6.45, 7) is 0. The van der Waals surface area contributed by atoms with Gasteiger partial charge in [0.1, 0.15) is 11.6 Å². The molecule has 3 N–H and O–H groups in total. The Kier molecular flexibility index (Phi) is 4.57. The lowest BCUT2D eigenvalue weighted by molar-refractivity contribution is 0.497. The lowest BCUT2D eigenvalue weighted by Crippen LogP contribution is -2.30. The molecule has 100 valence electrons. The highest BCUT2D eigenvalue weighted by atomic mass is 79.9. The van der Waals surface area contributed by atoms with Gasteiger partial charge in [0.25, 0.3) is 0 Å². The molecule has 0 spiro atoms. The summed E-state index contributed by atoms with van der Waals surface area (Å²) in [4.78, 5) is 3.97. The minimum atomic E-state index is -0.607. The molecule has 0 amide bonds. The Morgan fingerprint density at radius 1 is 1.32 bits per heavy atom. The van der Waals surface area contributed by atoms with E-state index in [1.54, 1.807) is 24.5 Å². The summed E-state index contributed by atoms with van der Waals surface area (Å²) < 4.78 is 27.8. The monoisotopic (exact) mass is 327 g/mol. The molecule has 0 saturated carbocycles. The molecule has 0 bridgehead atoms. The Morgan fingerprint density at radius 3 is 2.74 bits per heavy atom. The van der Waals surface area contributed by atoms with Gasteiger partial charge < -0.3 is 0 Å². The fraction of sp³-hybridized carbons (Fsp3) is 0.154. The van der Waals surface area contributed by atoms with Crippen molar-refractivity contribution >= 4 is 15.9 Å². The first kappa shape index (κ1) is 14.0. The summed E-state index contributed by atoms with van der Waals surface area (Å²) in [5.74, 6) is 4.26. The van der Waals surface area contributed by atoms with Crippen LogP contribution >= 0.6 is 15.9 Å². The predicted molar refractivity (Wildman–Crippen MR) is 72.1 cm³/mol. The lowest BCUT2D eigenvalue weighted by Gasteiger charge is -2.17. The third kappa shape index (κ3) is 3.15. The second kappa shape index (κ2) is 6.18. The molecule has 1 unspecified atom stereocenters. The maximum Gasteiger partial charge on any atom is 0.143 e. The van der Waals surface area contributed by atoms with Gasteiger partial charge in [-0.05, 0) is 46.1 Å². The highest BCUT2D eigenvalue weighted by Crippen LogP contribution is 2.26. The Bertz CT molecular complexity index is 563. The number of halogens is 3. The minimum Gasteiger partial charge on any atom is -0.271 e. The van der Waals surface area contributed by atoms with Crippen LogP contribution in [0.1, 0.15) is 17.2 Å². The first-order chi connectivity index (χ1) is 9.13. The molecule has 1 heterocycles. The minimum absolute atomic E-state index is 0.0128. The van der Waals surface area contributed by atoms with Gasteiger partial charge in [-0.15, -0.1) is 0 Å². The first-order valence-electron chi connectivity index (χ1n) is 5.62. The first-order valence-corrected chi connectivity index (χ1v) is 6.41. The van der Waals surface area contributed by atoms with E-state index in [4.69, 9.17) is 5.84 Å². The largest absolute Gasteiger partial charge is 0.271 e. The van der Waals surface area contributed by atoms with Crippen LogP contribution in [0.15, 0.2) is 41.1 Å². The van der Waals surface area contributed by atoms with Crippen molar-refractivity contribution in [1.29, 1.82) is 0 Å². The van der Waals surface area contributed by atoms with Crippen molar-refractivity contribution in [2.45, 2.75) is 12.5 Å². The van der Waals surface area contributed by atoms with Crippen LogP contribution in [0, 0.1) is 11.6 Å². The molecule has 6 heteroatoms. The second-order valence-electron chi connectivity index (χ2n) is 4.03. The zero-order valence-corrected chi connectivity index (χ0v) is 11.5.